The van der Waals surface area contributed by atoms with E-state index >= 15 is 0 Å². The number of nitrogens with zero attached hydrogens (tertiary/aromatic N) is 3. The number of guanidine groups is 1. The molecule has 1 unspecified atom stereocenters. The molecule has 0 saturated carbocycles. The summed E-state index contributed by atoms with van der Waals surface area (Å²) in [5.74, 6) is 1.88. The van der Waals surface area contributed by atoms with Crippen LogP contribution in [0.2, 0.25) is 0 Å². The van der Waals surface area contributed by atoms with Gasteiger partial charge in [-0.3, -0.25) is 9.89 Å². The predicted molar refractivity (Wildman–Crippen MR) is 126 cm³/mol. The molecular weight excluding hydrogens is 469 g/mol. The summed E-state index contributed by atoms with van der Waals surface area (Å²) in [7, 11) is 3.84. The average Bonchev–Trinajstić information content (AvgIpc) is 3.22. The first-order valence-corrected chi connectivity index (χ1v) is 10.2. The van der Waals surface area contributed by atoms with E-state index in [0.717, 1.165) is 57.6 Å². The number of ether oxygens (including phenoxy) is 1. The second kappa shape index (κ2) is 15.1. The van der Waals surface area contributed by atoms with Gasteiger partial charge in [0.25, 0.3) is 0 Å². The minimum absolute atomic E-state index is 0. The van der Waals surface area contributed by atoms with Gasteiger partial charge in [0.05, 0.1) is 25.5 Å². The number of rotatable bonds is 11. The maximum atomic E-state index is 5.72. The number of likely N-dealkylation sites (tertiary alicyclic amines) is 1. The van der Waals surface area contributed by atoms with E-state index in [4.69, 9.17) is 14.1 Å². The Kier molecular flexibility index (Phi) is 13.6. The Morgan fingerprint density at radius 1 is 1.29 bits per heavy atom. The first-order chi connectivity index (χ1) is 13.2. The van der Waals surface area contributed by atoms with Crippen molar-refractivity contribution in [1.82, 2.24) is 20.4 Å². The number of likely N-dealkylation sites (N-methyl/N-ethyl adjacent to an activating group) is 1. The molecule has 7 nitrogen and oxygen atoms in total. The molecule has 162 valence electrons. The number of methoxy groups -OCH3 is 1. The van der Waals surface area contributed by atoms with Gasteiger partial charge < -0.3 is 24.7 Å². The Hall–Kier alpha value is -0.840. The molecule has 0 amide bonds. The Bertz CT molecular complexity index is 521. The minimum atomic E-state index is 0. The van der Waals surface area contributed by atoms with E-state index in [1.807, 2.05) is 6.07 Å². The summed E-state index contributed by atoms with van der Waals surface area (Å²) in [6.07, 6.45) is 5.60. The molecule has 0 aromatic carbocycles. The molecule has 1 atom stereocenters. The Labute approximate surface area is 187 Å². The fraction of sp³-hybridized carbons (Fsp3) is 0.750. The standard InChI is InChI=1S/C20H37N5O2.HI/c1-4-21-20(22-10-13-24(2)14-16-26-3)23-17-18(19-9-8-15-27-19)25-11-6-5-7-12-25;/h8-9,15,18H,4-7,10-14,16-17H2,1-3H3,(H2,21,22,23);1H. The summed E-state index contributed by atoms with van der Waals surface area (Å²) in [5, 5.41) is 6.79. The molecule has 0 aliphatic carbocycles. The van der Waals surface area contributed by atoms with Crippen molar-refractivity contribution in [2.24, 2.45) is 4.99 Å². The summed E-state index contributed by atoms with van der Waals surface area (Å²) in [5.41, 5.74) is 0. The van der Waals surface area contributed by atoms with Crippen molar-refractivity contribution in [3.63, 3.8) is 0 Å². The number of piperidine rings is 1. The third kappa shape index (κ3) is 9.11. The van der Waals surface area contributed by atoms with Crippen molar-refractivity contribution in [1.29, 1.82) is 0 Å². The van der Waals surface area contributed by atoms with Crippen LogP contribution in [0.25, 0.3) is 0 Å². The molecular formula is C20H38IN5O2. The lowest BCUT2D eigenvalue weighted by molar-refractivity contribution is 0.150. The lowest BCUT2D eigenvalue weighted by Gasteiger charge is -2.32. The highest BCUT2D eigenvalue weighted by Crippen LogP contribution is 2.25. The van der Waals surface area contributed by atoms with Gasteiger partial charge in [0, 0.05) is 33.3 Å². The second-order valence-electron chi connectivity index (χ2n) is 7.07. The van der Waals surface area contributed by atoms with Gasteiger partial charge in [-0.15, -0.1) is 24.0 Å². The predicted octanol–water partition coefficient (Wildman–Crippen LogP) is 2.56. The number of nitrogens with one attached hydrogen (secondary N) is 2. The van der Waals surface area contributed by atoms with Gasteiger partial charge in [-0.2, -0.15) is 0 Å². The molecule has 1 aromatic rings. The zero-order chi connectivity index (χ0) is 19.3. The van der Waals surface area contributed by atoms with Gasteiger partial charge >= 0.3 is 0 Å². The monoisotopic (exact) mass is 507 g/mol. The molecule has 0 bridgehead atoms. The number of halogens is 1. The van der Waals surface area contributed by atoms with Crippen molar-refractivity contribution >= 4 is 29.9 Å². The Balaban J connectivity index is 0.00000392. The van der Waals surface area contributed by atoms with Crippen LogP contribution in [0.15, 0.2) is 27.8 Å². The summed E-state index contributed by atoms with van der Waals surface area (Å²) in [6, 6.07) is 4.25. The van der Waals surface area contributed by atoms with E-state index in [1.165, 1.54) is 19.3 Å². The average molecular weight is 507 g/mol. The zero-order valence-electron chi connectivity index (χ0n) is 17.7. The second-order valence-corrected chi connectivity index (χ2v) is 7.07. The molecule has 0 spiro atoms. The zero-order valence-corrected chi connectivity index (χ0v) is 20.0. The molecule has 0 radical (unpaired) electrons. The maximum Gasteiger partial charge on any atom is 0.191 e. The van der Waals surface area contributed by atoms with Crippen LogP contribution in [0.4, 0.5) is 0 Å². The van der Waals surface area contributed by atoms with Crippen LogP contribution >= 0.6 is 24.0 Å². The van der Waals surface area contributed by atoms with Crippen molar-refractivity contribution < 1.29 is 9.15 Å². The van der Waals surface area contributed by atoms with Gasteiger partial charge in [0.1, 0.15) is 5.76 Å². The highest BCUT2D eigenvalue weighted by Gasteiger charge is 2.24. The first-order valence-electron chi connectivity index (χ1n) is 10.2. The van der Waals surface area contributed by atoms with Crippen LogP contribution in [0, 0.1) is 0 Å². The Morgan fingerprint density at radius 2 is 2.07 bits per heavy atom. The van der Waals surface area contributed by atoms with Gasteiger partial charge in [-0.1, -0.05) is 6.42 Å². The molecule has 1 aromatic heterocycles. The Morgan fingerprint density at radius 3 is 2.71 bits per heavy atom. The van der Waals surface area contributed by atoms with Crippen molar-refractivity contribution in [3.8, 4) is 0 Å². The van der Waals surface area contributed by atoms with Crippen molar-refractivity contribution in [2.45, 2.75) is 32.2 Å². The quantitative estimate of drug-likeness (QED) is 0.273. The van der Waals surface area contributed by atoms with E-state index < -0.39 is 0 Å². The molecule has 2 rings (SSSR count). The van der Waals surface area contributed by atoms with Gasteiger partial charge in [0.2, 0.25) is 0 Å². The summed E-state index contributed by atoms with van der Waals surface area (Å²) in [6.45, 7) is 9.36. The summed E-state index contributed by atoms with van der Waals surface area (Å²) < 4.78 is 10.8. The van der Waals surface area contributed by atoms with E-state index in [9.17, 15) is 0 Å². The van der Waals surface area contributed by atoms with Crippen LogP contribution in [0.3, 0.4) is 0 Å². The number of hydrogen-bond acceptors (Lipinski definition) is 5. The smallest absolute Gasteiger partial charge is 0.191 e. The number of hydrogen-bond donors (Lipinski definition) is 2. The lowest BCUT2D eigenvalue weighted by Crippen LogP contribution is -2.42. The maximum absolute atomic E-state index is 5.72. The fourth-order valence-electron chi connectivity index (χ4n) is 3.34. The van der Waals surface area contributed by atoms with Crippen LogP contribution in [-0.4, -0.2) is 82.3 Å². The fourth-order valence-corrected chi connectivity index (χ4v) is 3.34. The van der Waals surface area contributed by atoms with Crippen LogP contribution in [-0.2, 0) is 4.74 Å². The van der Waals surface area contributed by atoms with E-state index in [-0.39, 0.29) is 30.0 Å². The molecule has 1 aliphatic heterocycles. The van der Waals surface area contributed by atoms with Gasteiger partial charge in [0.15, 0.2) is 5.96 Å². The largest absolute Gasteiger partial charge is 0.468 e. The lowest BCUT2D eigenvalue weighted by atomic mass is 10.1. The highest BCUT2D eigenvalue weighted by molar-refractivity contribution is 14.0. The van der Waals surface area contributed by atoms with Crippen LogP contribution in [0.1, 0.15) is 38.0 Å². The summed E-state index contributed by atoms with van der Waals surface area (Å²) in [4.78, 5) is 9.61. The first kappa shape index (κ1) is 25.2. The van der Waals surface area contributed by atoms with Gasteiger partial charge in [-0.05, 0) is 52.0 Å². The summed E-state index contributed by atoms with van der Waals surface area (Å²) >= 11 is 0. The topological polar surface area (TPSA) is 65.3 Å². The molecule has 1 saturated heterocycles. The third-order valence-electron chi connectivity index (χ3n) is 4.93. The number of furan rings is 1. The van der Waals surface area contributed by atoms with Crippen LogP contribution in [0.5, 0.6) is 0 Å². The highest BCUT2D eigenvalue weighted by atomic mass is 127. The minimum Gasteiger partial charge on any atom is -0.468 e. The molecule has 1 aliphatic rings. The van der Waals surface area contributed by atoms with E-state index in [0.29, 0.717) is 6.54 Å². The van der Waals surface area contributed by atoms with Gasteiger partial charge in [-0.25, -0.2) is 0 Å². The molecule has 2 N–H and O–H groups in total. The molecule has 1 fully saturated rings. The van der Waals surface area contributed by atoms with E-state index in [1.54, 1.807) is 13.4 Å². The molecule has 28 heavy (non-hydrogen) atoms. The molecule has 2 heterocycles. The number of aliphatic imine (C=N–C) groups is 1. The van der Waals surface area contributed by atoms with Crippen LogP contribution < -0.4 is 10.6 Å². The van der Waals surface area contributed by atoms with E-state index in [2.05, 4.69) is 40.5 Å². The SMILES string of the molecule is CCNC(=NCC(c1ccco1)N1CCCCC1)NCCN(C)CCOC.I. The van der Waals surface area contributed by atoms with Crippen molar-refractivity contribution in [3.05, 3.63) is 24.2 Å². The van der Waals surface area contributed by atoms with Crippen molar-refractivity contribution in [2.75, 3.05) is 66.6 Å². The normalized spacial score (nSPS) is 16.6. The third-order valence-corrected chi connectivity index (χ3v) is 4.93. The molecule has 8 heteroatoms.